The fourth-order valence-corrected chi connectivity index (χ4v) is 3.05. The molecule has 1 aliphatic rings. The van der Waals surface area contributed by atoms with Gasteiger partial charge in [0, 0.05) is 36.8 Å². The average molecular weight is 296 g/mol. The van der Waals surface area contributed by atoms with E-state index in [1.54, 1.807) is 0 Å². The average Bonchev–Trinajstić information content (AvgIpc) is 2.46. The summed E-state index contributed by atoms with van der Waals surface area (Å²) in [6.07, 6.45) is 3.16. The highest BCUT2D eigenvalue weighted by molar-refractivity contribution is 5.20. The van der Waals surface area contributed by atoms with Gasteiger partial charge in [-0.1, -0.05) is 26.3 Å². The van der Waals surface area contributed by atoms with E-state index in [4.69, 9.17) is 0 Å². The van der Waals surface area contributed by atoms with Crippen molar-refractivity contribution in [1.82, 2.24) is 10.2 Å². The predicted molar refractivity (Wildman–Crippen MR) is 82.2 cm³/mol. The minimum Gasteiger partial charge on any atom is -0.311 e. The molecule has 0 amide bonds. The van der Waals surface area contributed by atoms with E-state index in [0.717, 1.165) is 32.4 Å². The first-order chi connectivity index (χ1) is 10.00. The molecule has 1 aliphatic heterocycles. The second kappa shape index (κ2) is 6.84. The van der Waals surface area contributed by atoms with Gasteiger partial charge in [0.05, 0.1) is 0 Å². The molecule has 2 rings (SSSR count). The minimum atomic E-state index is -0.445. The van der Waals surface area contributed by atoms with Gasteiger partial charge in [-0.15, -0.1) is 0 Å². The number of halogens is 2. The van der Waals surface area contributed by atoms with E-state index in [2.05, 4.69) is 31.0 Å². The molecule has 0 aromatic heterocycles. The standard InChI is InChI=1S/C17H26F2N2/c1-4-7-13-10-21(17(3,5-2)12-20-13)11-14-15(18)8-6-9-16(14)19/h6,8-9,13,20H,4-5,7,10-12H2,1-3H3. The Kier molecular flexibility index (Phi) is 5.33. The zero-order chi connectivity index (χ0) is 15.5. The van der Waals surface area contributed by atoms with Gasteiger partial charge in [-0.3, -0.25) is 4.90 Å². The summed E-state index contributed by atoms with van der Waals surface area (Å²) in [4.78, 5) is 2.24. The van der Waals surface area contributed by atoms with Crippen molar-refractivity contribution < 1.29 is 8.78 Å². The van der Waals surface area contributed by atoms with Crippen molar-refractivity contribution in [3.8, 4) is 0 Å². The molecule has 1 aromatic rings. The van der Waals surface area contributed by atoms with Gasteiger partial charge >= 0.3 is 0 Å². The van der Waals surface area contributed by atoms with Crippen LogP contribution >= 0.6 is 0 Å². The van der Waals surface area contributed by atoms with Gasteiger partial charge in [-0.2, -0.15) is 0 Å². The summed E-state index contributed by atoms with van der Waals surface area (Å²) < 4.78 is 27.8. The molecule has 1 heterocycles. The first kappa shape index (κ1) is 16.4. The van der Waals surface area contributed by atoms with Crippen LogP contribution in [-0.4, -0.2) is 29.6 Å². The van der Waals surface area contributed by atoms with Crippen LogP contribution in [0, 0.1) is 11.6 Å². The van der Waals surface area contributed by atoms with E-state index in [1.165, 1.54) is 18.2 Å². The molecule has 2 atom stereocenters. The Morgan fingerprint density at radius 1 is 1.29 bits per heavy atom. The Hall–Kier alpha value is -1.00. The third kappa shape index (κ3) is 3.61. The van der Waals surface area contributed by atoms with Gasteiger partial charge in [-0.25, -0.2) is 8.78 Å². The van der Waals surface area contributed by atoms with Crippen LogP contribution in [0.25, 0.3) is 0 Å². The SMILES string of the molecule is CCCC1CN(Cc2c(F)cccc2F)C(C)(CC)CN1. The normalized spacial score (nSPS) is 27.0. The van der Waals surface area contributed by atoms with Crippen LogP contribution in [0.1, 0.15) is 45.6 Å². The van der Waals surface area contributed by atoms with Gasteiger partial charge in [0.1, 0.15) is 11.6 Å². The van der Waals surface area contributed by atoms with Crippen LogP contribution in [0.15, 0.2) is 18.2 Å². The maximum Gasteiger partial charge on any atom is 0.130 e. The van der Waals surface area contributed by atoms with Crippen LogP contribution in [0.3, 0.4) is 0 Å². The Balaban J connectivity index is 2.20. The third-order valence-electron chi connectivity index (χ3n) is 4.79. The number of nitrogens with zero attached hydrogens (tertiary/aromatic N) is 1. The lowest BCUT2D eigenvalue weighted by Crippen LogP contribution is -2.62. The zero-order valence-corrected chi connectivity index (χ0v) is 13.3. The van der Waals surface area contributed by atoms with E-state index in [0.29, 0.717) is 12.6 Å². The molecule has 0 radical (unpaired) electrons. The van der Waals surface area contributed by atoms with Crippen molar-refractivity contribution in [2.75, 3.05) is 13.1 Å². The van der Waals surface area contributed by atoms with E-state index in [9.17, 15) is 8.78 Å². The summed E-state index contributed by atoms with van der Waals surface area (Å²) in [7, 11) is 0. The summed E-state index contributed by atoms with van der Waals surface area (Å²) in [5.74, 6) is -0.891. The number of hydrogen-bond donors (Lipinski definition) is 1. The summed E-state index contributed by atoms with van der Waals surface area (Å²) in [6, 6.07) is 4.51. The minimum absolute atomic E-state index is 0.0566. The third-order valence-corrected chi connectivity index (χ3v) is 4.79. The number of benzene rings is 1. The molecule has 1 saturated heterocycles. The van der Waals surface area contributed by atoms with Crippen LogP contribution < -0.4 is 5.32 Å². The molecular formula is C17H26F2N2. The van der Waals surface area contributed by atoms with Crippen molar-refractivity contribution in [3.63, 3.8) is 0 Å². The van der Waals surface area contributed by atoms with Crippen LogP contribution in [0.2, 0.25) is 0 Å². The van der Waals surface area contributed by atoms with Crippen LogP contribution in [0.4, 0.5) is 8.78 Å². The monoisotopic (exact) mass is 296 g/mol. The number of piperazine rings is 1. The Morgan fingerprint density at radius 3 is 2.52 bits per heavy atom. The van der Waals surface area contributed by atoms with Crippen molar-refractivity contribution in [3.05, 3.63) is 35.4 Å². The summed E-state index contributed by atoms with van der Waals surface area (Å²) in [5.41, 5.74) is 0.133. The molecule has 0 aliphatic carbocycles. The maximum atomic E-state index is 13.9. The Bertz CT molecular complexity index is 458. The van der Waals surface area contributed by atoms with E-state index < -0.39 is 11.6 Å². The van der Waals surface area contributed by atoms with E-state index >= 15 is 0 Å². The van der Waals surface area contributed by atoms with Crippen LogP contribution in [0.5, 0.6) is 0 Å². The lowest BCUT2D eigenvalue weighted by molar-refractivity contribution is 0.0378. The first-order valence-corrected chi connectivity index (χ1v) is 7.91. The molecule has 2 unspecified atom stereocenters. The number of rotatable bonds is 5. The van der Waals surface area contributed by atoms with E-state index in [-0.39, 0.29) is 11.1 Å². The second-order valence-corrected chi connectivity index (χ2v) is 6.30. The summed E-state index contributed by atoms with van der Waals surface area (Å²) >= 11 is 0. The predicted octanol–water partition coefficient (Wildman–Crippen LogP) is 3.71. The van der Waals surface area contributed by atoms with Crippen molar-refractivity contribution >= 4 is 0 Å². The second-order valence-electron chi connectivity index (χ2n) is 6.30. The van der Waals surface area contributed by atoms with Gasteiger partial charge < -0.3 is 5.32 Å². The summed E-state index contributed by atoms with van der Waals surface area (Å²) in [6.45, 7) is 8.50. The molecule has 0 spiro atoms. The van der Waals surface area contributed by atoms with Crippen LogP contribution in [-0.2, 0) is 6.54 Å². The highest BCUT2D eigenvalue weighted by atomic mass is 19.1. The summed E-state index contributed by atoms with van der Waals surface area (Å²) in [5, 5.41) is 3.58. The topological polar surface area (TPSA) is 15.3 Å². The smallest absolute Gasteiger partial charge is 0.130 e. The zero-order valence-electron chi connectivity index (χ0n) is 13.3. The molecule has 2 nitrogen and oxygen atoms in total. The molecule has 1 fully saturated rings. The Morgan fingerprint density at radius 2 is 1.95 bits per heavy atom. The highest BCUT2D eigenvalue weighted by Gasteiger charge is 2.36. The molecule has 1 aromatic carbocycles. The number of hydrogen-bond acceptors (Lipinski definition) is 2. The van der Waals surface area contributed by atoms with Crippen molar-refractivity contribution in [1.29, 1.82) is 0 Å². The van der Waals surface area contributed by atoms with Gasteiger partial charge in [0.2, 0.25) is 0 Å². The number of nitrogens with one attached hydrogen (secondary N) is 1. The van der Waals surface area contributed by atoms with Gasteiger partial charge in [0.15, 0.2) is 0 Å². The molecule has 21 heavy (non-hydrogen) atoms. The molecule has 4 heteroatoms. The lowest BCUT2D eigenvalue weighted by atomic mass is 9.90. The van der Waals surface area contributed by atoms with Crippen molar-refractivity contribution in [2.24, 2.45) is 0 Å². The Labute approximate surface area is 126 Å². The molecule has 1 N–H and O–H groups in total. The van der Waals surface area contributed by atoms with Gasteiger partial charge in [0.25, 0.3) is 0 Å². The largest absolute Gasteiger partial charge is 0.311 e. The van der Waals surface area contributed by atoms with Gasteiger partial charge in [-0.05, 0) is 31.9 Å². The fourth-order valence-electron chi connectivity index (χ4n) is 3.05. The molecule has 0 bridgehead atoms. The highest BCUT2D eigenvalue weighted by Crippen LogP contribution is 2.27. The molecule has 118 valence electrons. The molecule has 0 saturated carbocycles. The van der Waals surface area contributed by atoms with Crippen molar-refractivity contribution in [2.45, 2.75) is 58.2 Å². The lowest BCUT2D eigenvalue weighted by Gasteiger charge is -2.48. The quantitative estimate of drug-likeness (QED) is 0.891. The van der Waals surface area contributed by atoms with E-state index in [1.807, 2.05) is 0 Å². The maximum absolute atomic E-state index is 13.9. The fraction of sp³-hybridized carbons (Fsp3) is 0.647. The first-order valence-electron chi connectivity index (χ1n) is 7.91. The molecular weight excluding hydrogens is 270 g/mol.